The number of carbonyl (C=O) groups is 1. The lowest BCUT2D eigenvalue weighted by molar-refractivity contribution is 0.0598. The van der Waals surface area contributed by atoms with Gasteiger partial charge in [-0.25, -0.2) is 14.5 Å². The maximum Gasteiger partial charge on any atom is 0.338 e. The van der Waals surface area contributed by atoms with Crippen LogP contribution in [-0.4, -0.2) is 27.8 Å². The number of methoxy groups -OCH3 is 1. The molecule has 1 heterocycles. The molecule has 0 aliphatic heterocycles. The summed E-state index contributed by atoms with van der Waals surface area (Å²) in [4.78, 5) is 15.5. The quantitative estimate of drug-likeness (QED) is 0.754. The molecule has 88 valence electrons. The molecule has 5 heteroatoms. The molecule has 0 radical (unpaired) electrons. The van der Waals surface area contributed by atoms with Crippen molar-refractivity contribution in [3.63, 3.8) is 0 Å². The molecule has 0 N–H and O–H groups in total. The molecule has 2 rings (SSSR count). The van der Waals surface area contributed by atoms with E-state index in [0.29, 0.717) is 5.56 Å². The Morgan fingerprint density at radius 3 is 2.82 bits per heavy atom. The van der Waals surface area contributed by atoms with E-state index in [1.165, 1.54) is 13.4 Å². The zero-order valence-electron chi connectivity index (χ0n) is 9.70. The van der Waals surface area contributed by atoms with E-state index < -0.39 is 0 Å². The van der Waals surface area contributed by atoms with Gasteiger partial charge in [-0.3, -0.25) is 0 Å². The number of hydrogen-bond donors (Lipinski definition) is 0. The van der Waals surface area contributed by atoms with Crippen molar-refractivity contribution in [2.24, 2.45) is 0 Å². The zero-order valence-corrected chi connectivity index (χ0v) is 9.70. The molecular weight excluding hydrogens is 218 g/mol. The number of benzene rings is 1. The van der Waals surface area contributed by atoms with Crippen LogP contribution in [0.4, 0.5) is 0 Å². The Hall–Kier alpha value is -2.17. The third kappa shape index (κ3) is 2.18. The van der Waals surface area contributed by atoms with Gasteiger partial charge in [0, 0.05) is 0 Å². The number of ether oxygens (including phenoxy) is 1. The molecule has 1 atom stereocenters. The van der Waals surface area contributed by atoms with Crippen LogP contribution in [0.25, 0.3) is 0 Å². The van der Waals surface area contributed by atoms with Crippen LogP contribution >= 0.6 is 0 Å². The second kappa shape index (κ2) is 4.78. The summed E-state index contributed by atoms with van der Waals surface area (Å²) < 4.78 is 6.46. The van der Waals surface area contributed by atoms with E-state index in [-0.39, 0.29) is 12.0 Å². The van der Waals surface area contributed by atoms with E-state index >= 15 is 0 Å². The van der Waals surface area contributed by atoms with Gasteiger partial charge in [-0.05, 0) is 18.6 Å². The van der Waals surface area contributed by atoms with Crippen LogP contribution in [0.5, 0.6) is 0 Å². The highest BCUT2D eigenvalue weighted by Gasteiger charge is 2.17. The van der Waals surface area contributed by atoms with Gasteiger partial charge in [0.05, 0.1) is 18.7 Å². The van der Waals surface area contributed by atoms with Crippen LogP contribution in [0.2, 0.25) is 0 Å². The molecule has 2 aromatic rings. The third-order valence-corrected chi connectivity index (χ3v) is 2.65. The topological polar surface area (TPSA) is 57.0 Å². The molecule has 0 aliphatic rings. The Kier molecular flexibility index (Phi) is 3.18. The van der Waals surface area contributed by atoms with Gasteiger partial charge in [0.2, 0.25) is 0 Å². The van der Waals surface area contributed by atoms with E-state index in [1.54, 1.807) is 17.1 Å². The van der Waals surface area contributed by atoms with Gasteiger partial charge in [-0.15, -0.1) is 0 Å². The Bertz CT molecular complexity index is 508. The first-order valence-electron chi connectivity index (χ1n) is 5.25. The Morgan fingerprint density at radius 2 is 2.18 bits per heavy atom. The number of esters is 1. The summed E-state index contributed by atoms with van der Waals surface area (Å²) in [7, 11) is 1.37. The Balaban J connectivity index is 2.41. The second-order valence-corrected chi connectivity index (χ2v) is 3.63. The van der Waals surface area contributed by atoms with Crippen molar-refractivity contribution < 1.29 is 9.53 Å². The molecule has 1 aromatic carbocycles. The standard InChI is InChI=1S/C12H13N3O2/c1-9(15-8-13-7-14-15)10-5-3-4-6-11(10)12(16)17-2/h3-9H,1-2H3. The maximum absolute atomic E-state index is 11.6. The fourth-order valence-electron chi connectivity index (χ4n) is 1.72. The van der Waals surface area contributed by atoms with Crippen molar-refractivity contribution in [3.05, 3.63) is 48.0 Å². The van der Waals surface area contributed by atoms with Crippen molar-refractivity contribution in [2.45, 2.75) is 13.0 Å². The SMILES string of the molecule is COC(=O)c1ccccc1C(C)n1cncn1. The molecule has 0 saturated heterocycles. The van der Waals surface area contributed by atoms with Crippen LogP contribution in [-0.2, 0) is 4.74 Å². The van der Waals surface area contributed by atoms with Crippen molar-refractivity contribution in [3.8, 4) is 0 Å². The zero-order chi connectivity index (χ0) is 12.3. The largest absolute Gasteiger partial charge is 0.465 e. The van der Waals surface area contributed by atoms with Crippen LogP contribution in [0, 0.1) is 0 Å². The lowest BCUT2D eigenvalue weighted by Crippen LogP contribution is -2.13. The van der Waals surface area contributed by atoms with Crippen LogP contribution in [0.1, 0.15) is 28.9 Å². The summed E-state index contributed by atoms with van der Waals surface area (Å²) in [6.45, 7) is 1.95. The highest BCUT2D eigenvalue weighted by Crippen LogP contribution is 2.21. The van der Waals surface area contributed by atoms with E-state index in [2.05, 4.69) is 10.1 Å². The third-order valence-electron chi connectivity index (χ3n) is 2.65. The molecule has 5 nitrogen and oxygen atoms in total. The van der Waals surface area contributed by atoms with Crippen LogP contribution in [0.3, 0.4) is 0 Å². The van der Waals surface area contributed by atoms with Gasteiger partial charge in [0.15, 0.2) is 0 Å². The first-order chi connectivity index (χ1) is 8.24. The Morgan fingerprint density at radius 1 is 1.41 bits per heavy atom. The van der Waals surface area contributed by atoms with Crippen LogP contribution < -0.4 is 0 Å². The van der Waals surface area contributed by atoms with Gasteiger partial charge in [0.25, 0.3) is 0 Å². The average molecular weight is 231 g/mol. The van der Waals surface area contributed by atoms with E-state index in [9.17, 15) is 4.79 Å². The summed E-state index contributed by atoms with van der Waals surface area (Å²) in [5.41, 5.74) is 1.42. The average Bonchev–Trinajstić information content (AvgIpc) is 2.91. The molecule has 0 aliphatic carbocycles. The number of nitrogens with zero attached hydrogens (tertiary/aromatic N) is 3. The first kappa shape index (κ1) is 11.3. The minimum Gasteiger partial charge on any atom is -0.465 e. The number of aromatic nitrogens is 3. The minimum atomic E-state index is -0.340. The molecule has 17 heavy (non-hydrogen) atoms. The highest BCUT2D eigenvalue weighted by molar-refractivity contribution is 5.91. The summed E-state index contributed by atoms with van der Waals surface area (Å²) in [6, 6.07) is 7.26. The van der Waals surface area contributed by atoms with Crippen molar-refractivity contribution in [2.75, 3.05) is 7.11 Å². The molecule has 0 amide bonds. The predicted molar refractivity (Wildman–Crippen MR) is 61.6 cm³/mol. The van der Waals surface area contributed by atoms with Gasteiger partial charge in [-0.2, -0.15) is 5.10 Å². The van der Waals surface area contributed by atoms with Crippen molar-refractivity contribution in [1.29, 1.82) is 0 Å². The maximum atomic E-state index is 11.6. The lowest BCUT2D eigenvalue weighted by atomic mass is 10.0. The fourth-order valence-corrected chi connectivity index (χ4v) is 1.72. The molecule has 1 unspecified atom stereocenters. The minimum absolute atomic E-state index is 0.0622. The second-order valence-electron chi connectivity index (χ2n) is 3.63. The summed E-state index contributed by atoms with van der Waals surface area (Å²) in [5.74, 6) is -0.340. The van der Waals surface area contributed by atoms with Crippen molar-refractivity contribution in [1.82, 2.24) is 14.8 Å². The predicted octanol–water partition coefficient (Wildman–Crippen LogP) is 1.67. The van der Waals surface area contributed by atoms with E-state index in [1.807, 2.05) is 25.1 Å². The van der Waals surface area contributed by atoms with E-state index in [4.69, 9.17) is 4.74 Å². The number of rotatable bonds is 3. The lowest BCUT2D eigenvalue weighted by Gasteiger charge is -2.15. The summed E-state index contributed by atoms with van der Waals surface area (Å²) >= 11 is 0. The molecule has 0 bridgehead atoms. The highest BCUT2D eigenvalue weighted by atomic mass is 16.5. The molecule has 0 fully saturated rings. The van der Waals surface area contributed by atoms with Gasteiger partial charge < -0.3 is 4.74 Å². The normalized spacial score (nSPS) is 12.1. The monoisotopic (exact) mass is 231 g/mol. The van der Waals surface area contributed by atoms with Gasteiger partial charge in [-0.1, -0.05) is 18.2 Å². The molecule has 0 spiro atoms. The van der Waals surface area contributed by atoms with Gasteiger partial charge in [0.1, 0.15) is 12.7 Å². The molecule has 1 aromatic heterocycles. The summed E-state index contributed by atoms with van der Waals surface area (Å²) in [5, 5.41) is 4.07. The van der Waals surface area contributed by atoms with Gasteiger partial charge >= 0.3 is 5.97 Å². The smallest absolute Gasteiger partial charge is 0.338 e. The molecule has 0 saturated carbocycles. The van der Waals surface area contributed by atoms with Crippen molar-refractivity contribution >= 4 is 5.97 Å². The Labute approximate surface area is 99.1 Å². The number of hydrogen-bond acceptors (Lipinski definition) is 4. The summed E-state index contributed by atoms with van der Waals surface area (Å²) in [6.07, 6.45) is 3.09. The van der Waals surface area contributed by atoms with Crippen LogP contribution in [0.15, 0.2) is 36.9 Å². The fraction of sp³-hybridized carbons (Fsp3) is 0.250. The number of carbonyl (C=O) groups excluding carboxylic acids is 1. The first-order valence-corrected chi connectivity index (χ1v) is 5.25. The van der Waals surface area contributed by atoms with E-state index in [0.717, 1.165) is 5.56 Å². The molecular formula is C12H13N3O2.